The quantitative estimate of drug-likeness (QED) is 0.433. The second kappa shape index (κ2) is 6.14. The van der Waals surface area contributed by atoms with E-state index in [0.717, 1.165) is 0 Å². The van der Waals surface area contributed by atoms with Gasteiger partial charge in [-0.3, -0.25) is 14.9 Å². The largest absolute Gasteiger partial charge is 0.493 e. The Bertz CT molecular complexity index is 474. The molecule has 0 heterocycles. The third kappa shape index (κ3) is 4.55. The van der Waals surface area contributed by atoms with E-state index in [1.165, 1.54) is 12.1 Å². The number of primary amides is 1. The molecule has 7 heteroatoms. The summed E-state index contributed by atoms with van der Waals surface area (Å²) in [5, 5.41) is 10.6. The molecule has 7 nitrogen and oxygen atoms in total. The summed E-state index contributed by atoms with van der Waals surface area (Å²) < 4.78 is 5.36. The number of nitrogens with zero attached hydrogens (tertiary/aromatic N) is 1. The number of non-ortho nitro benzene ring substituents is 1. The van der Waals surface area contributed by atoms with Crippen molar-refractivity contribution in [1.82, 2.24) is 0 Å². The van der Waals surface area contributed by atoms with Crippen molar-refractivity contribution in [2.45, 2.75) is 25.3 Å². The van der Waals surface area contributed by atoms with Crippen LogP contribution in [0.15, 0.2) is 24.3 Å². The fourth-order valence-electron chi connectivity index (χ4n) is 1.44. The lowest BCUT2D eigenvalue weighted by molar-refractivity contribution is -0.384. The van der Waals surface area contributed by atoms with Crippen LogP contribution in [0.4, 0.5) is 5.69 Å². The van der Waals surface area contributed by atoms with Crippen LogP contribution < -0.4 is 16.2 Å². The zero-order valence-electron chi connectivity index (χ0n) is 10.7. The van der Waals surface area contributed by atoms with E-state index in [1.807, 2.05) is 0 Å². The molecular formula is C12H17N3O4. The molecule has 0 saturated heterocycles. The molecule has 1 amide bonds. The molecule has 0 aliphatic heterocycles. The van der Waals surface area contributed by atoms with Gasteiger partial charge in [0.05, 0.1) is 23.1 Å². The maximum Gasteiger partial charge on any atom is 0.273 e. The summed E-state index contributed by atoms with van der Waals surface area (Å²) in [5.41, 5.74) is 9.73. The maximum absolute atomic E-state index is 11.0. The van der Waals surface area contributed by atoms with Crippen molar-refractivity contribution in [3.05, 3.63) is 34.4 Å². The second-order valence-corrected chi connectivity index (χ2v) is 4.49. The van der Waals surface area contributed by atoms with Gasteiger partial charge >= 0.3 is 0 Å². The van der Waals surface area contributed by atoms with Gasteiger partial charge in [0, 0.05) is 6.07 Å². The van der Waals surface area contributed by atoms with Gasteiger partial charge < -0.3 is 16.2 Å². The number of hydrogen-bond acceptors (Lipinski definition) is 5. The van der Waals surface area contributed by atoms with Crippen molar-refractivity contribution in [1.29, 1.82) is 0 Å². The van der Waals surface area contributed by atoms with Gasteiger partial charge in [-0.15, -0.1) is 0 Å². The van der Waals surface area contributed by atoms with Gasteiger partial charge in [-0.25, -0.2) is 0 Å². The molecule has 0 aliphatic rings. The summed E-state index contributed by atoms with van der Waals surface area (Å²) in [6.07, 6.45) is 0.913. The van der Waals surface area contributed by atoms with Gasteiger partial charge in [-0.1, -0.05) is 6.07 Å². The summed E-state index contributed by atoms with van der Waals surface area (Å²) in [4.78, 5) is 21.1. The summed E-state index contributed by atoms with van der Waals surface area (Å²) in [6.45, 7) is 1.87. The molecule has 19 heavy (non-hydrogen) atoms. The second-order valence-electron chi connectivity index (χ2n) is 4.49. The number of amides is 1. The minimum atomic E-state index is -1.06. The third-order valence-electron chi connectivity index (χ3n) is 2.70. The molecule has 0 spiro atoms. The molecule has 1 unspecified atom stereocenters. The van der Waals surface area contributed by atoms with Gasteiger partial charge in [0.2, 0.25) is 5.91 Å². The Labute approximate surface area is 110 Å². The first-order valence-corrected chi connectivity index (χ1v) is 5.79. The Hall–Kier alpha value is -2.15. The van der Waals surface area contributed by atoms with E-state index in [4.69, 9.17) is 16.2 Å². The summed E-state index contributed by atoms with van der Waals surface area (Å²) in [7, 11) is 0. The van der Waals surface area contributed by atoms with Gasteiger partial charge in [0.15, 0.2) is 0 Å². The number of benzene rings is 1. The average Bonchev–Trinajstić information content (AvgIpc) is 2.35. The van der Waals surface area contributed by atoms with E-state index in [2.05, 4.69) is 0 Å². The van der Waals surface area contributed by atoms with Crippen LogP contribution in [0, 0.1) is 10.1 Å². The molecule has 4 N–H and O–H groups in total. The number of nitro benzene ring substituents is 1. The molecule has 1 atom stereocenters. The van der Waals surface area contributed by atoms with Crippen molar-refractivity contribution in [3.63, 3.8) is 0 Å². The van der Waals surface area contributed by atoms with Crippen LogP contribution in [0.3, 0.4) is 0 Å². The third-order valence-corrected chi connectivity index (χ3v) is 2.70. The molecule has 0 aliphatic carbocycles. The van der Waals surface area contributed by atoms with Crippen LogP contribution in [-0.4, -0.2) is 23.0 Å². The molecule has 1 aromatic rings. The Morgan fingerprint density at radius 2 is 2.21 bits per heavy atom. The van der Waals surface area contributed by atoms with E-state index < -0.39 is 16.4 Å². The minimum Gasteiger partial charge on any atom is -0.493 e. The van der Waals surface area contributed by atoms with Gasteiger partial charge in [0.25, 0.3) is 5.69 Å². The summed E-state index contributed by atoms with van der Waals surface area (Å²) >= 11 is 0. The number of hydrogen-bond donors (Lipinski definition) is 2. The Kier molecular flexibility index (Phi) is 4.82. The summed E-state index contributed by atoms with van der Waals surface area (Å²) in [6, 6.07) is 5.90. The zero-order valence-corrected chi connectivity index (χ0v) is 10.7. The first kappa shape index (κ1) is 14.9. The minimum absolute atomic E-state index is 0.0294. The van der Waals surface area contributed by atoms with Crippen LogP contribution in [-0.2, 0) is 4.79 Å². The molecular weight excluding hydrogens is 250 g/mol. The van der Waals surface area contributed by atoms with Crippen molar-refractivity contribution in [2.24, 2.45) is 11.5 Å². The smallest absolute Gasteiger partial charge is 0.273 e. The van der Waals surface area contributed by atoms with Crippen LogP contribution in [0.25, 0.3) is 0 Å². The predicted molar refractivity (Wildman–Crippen MR) is 69.6 cm³/mol. The topological polar surface area (TPSA) is 121 Å². The van der Waals surface area contributed by atoms with Gasteiger partial charge in [-0.05, 0) is 25.8 Å². The molecule has 1 rings (SSSR count). The van der Waals surface area contributed by atoms with Crippen molar-refractivity contribution < 1.29 is 14.5 Å². The SMILES string of the molecule is CC(N)(CCCOc1cccc([N+](=O)[O-])c1)C(N)=O. The van der Waals surface area contributed by atoms with Gasteiger partial charge in [0.1, 0.15) is 5.75 Å². The van der Waals surface area contributed by atoms with Crippen LogP contribution in [0.5, 0.6) is 5.75 Å². The lowest BCUT2D eigenvalue weighted by Crippen LogP contribution is -2.49. The van der Waals surface area contributed by atoms with Gasteiger partial charge in [-0.2, -0.15) is 0 Å². The number of carbonyl (C=O) groups is 1. The fraction of sp³-hybridized carbons (Fsp3) is 0.417. The van der Waals surface area contributed by atoms with Crippen LogP contribution >= 0.6 is 0 Å². The number of nitro groups is 1. The fourth-order valence-corrected chi connectivity index (χ4v) is 1.44. The number of ether oxygens (including phenoxy) is 1. The molecule has 1 aromatic carbocycles. The molecule has 0 fully saturated rings. The van der Waals surface area contributed by atoms with Crippen LogP contribution in [0.2, 0.25) is 0 Å². The highest BCUT2D eigenvalue weighted by Crippen LogP contribution is 2.19. The lowest BCUT2D eigenvalue weighted by atomic mass is 9.97. The monoisotopic (exact) mass is 267 g/mol. The summed E-state index contributed by atoms with van der Waals surface area (Å²) in [5.74, 6) is -0.158. The van der Waals surface area contributed by atoms with E-state index >= 15 is 0 Å². The van der Waals surface area contributed by atoms with E-state index in [-0.39, 0.29) is 5.69 Å². The van der Waals surface area contributed by atoms with E-state index in [1.54, 1.807) is 19.1 Å². The number of carbonyl (C=O) groups excluding carboxylic acids is 1. The predicted octanol–water partition coefficient (Wildman–Crippen LogP) is 0.956. The van der Waals surface area contributed by atoms with Crippen molar-refractivity contribution >= 4 is 11.6 Å². The molecule has 0 bridgehead atoms. The highest BCUT2D eigenvalue weighted by atomic mass is 16.6. The Morgan fingerprint density at radius 1 is 1.53 bits per heavy atom. The Morgan fingerprint density at radius 3 is 2.79 bits per heavy atom. The van der Waals surface area contributed by atoms with Crippen molar-refractivity contribution in [3.8, 4) is 5.75 Å². The average molecular weight is 267 g/mol. The highest BCUT2D eigenvalue weighted by molar-refractivity contribution is 5.83. The maximum atomic E-state index is 11.0. The number of rotatable bonds is 7. The lowest BCUT2D eigenvalue weighted by Gasteiger charge is -2.19. The molecule has 0 aromatic heterocycles. The highest BCUT2D eigenvalue weighted by Gasteiger charge is 2.24. The van der Waals surface area contributed by atoms with Crippen molar-refractivity contribution in [2.75, 3.05) is 6.61 Å². The standard InChI is InChI=1S/C12H17N3O4/c1-12(14,11(13)16)6-3-7-19-10-5-2-4-9(8-10)15(17)18/h2,4-5,8H,3,6-7,14H2,1H3,(H2,13,16). The zero-order chi connectivity index (χ0) is 14.5. The molecule has 0 radical (unpaired) electrons. The molecule has 104 valence electrons. The van der Waals surface area contributed by atoms with E-state index in [9.17, 15) is 14.9 Å². The first-order chi connectivity index (χ1) is 8.83. The Balaban J connectivity index is 2.44. The normalized spacial score (nSPS) is 13.6. The number of nitrogens with two attached hydrogens (primary N) is 2. The first-order valence-electron chi connectivity index (χ1n) is 5.79. The van der Waals surface area contributed by atoms with E-state index in [0.29, 0.717) is 25.2 Å². The van der Waals surface area contributed by atoms with Crippen LogP contribution in [0.1, 0.15) is 19.8 Å². The molecule has 0 saturated carbocycles.